The van der Waals surface area contributed by atoms with Crippen LogP contribution in [0.15, 0.2) is 36.4 Å². The number of hydrogen-bond acceptors (Lipinski definition) is 1. The van der Waals surface area contributed by atoms with Crippen LogP contribution >= 0.6 is 0 Å². The number of carbonyl (C=O) groups excluding carboxylic acids is 1. The predicted octanol–water partition coefficient (Wildman–Crippen LogP) is 7.23. The molecule has 1 aromatic rings. The molecule has 2 aliphatic carbocycles. The molecule has 4 rings (SSSR count). The fourth-order valence-corrected chi connectivity index (χ4v) is 6.52. The third-order valence-electron chi connectivity index (χ3n) is 8.01. The van der Waals surface area contributed by atoms with Crippen molar-refractivity contribution in [2.75, 3.05) is 5.32 Å². The van der Waals surface area contributed by atoms with E-state index >= 15 is 0 Å². The van der Waals surface area contributed by atoms with Gasteiger partial charge in [-0.3, -0.25) is 4.79 Å². The van der Waals surface area contributed by atoms with Crippen LogP contribution in [0.2, 0.25) is 0 Å². The van der Waals surface area contributed by atoms with Crippen molar-refractivity contribution in [3.8, 4) is 0 Å². The summed E-state index contributed by atoms with van der Waals surface area (Å²) < 4.78 is 39.0. The maximum absolute atomic E-state index is 13.0. The SMILES string of the molecule is C=C1CC[C@H]2C(C)(C)CCC[C@]2(C)[C@H]1C/C=C1\C(=O)Nc2cc(C(F)(F)F)ccc21. The number of alkyl halides is 3. The van der Waals surface area contributed by atoms with Crippen LogP contribution in [0.5, 0.6) is 0 Å². The average molecular weight is 418 g/mol. The first-order valence-electron chi connectivity index (χ1n) is 10.8. The first-order chi connectivity index (χ1) is 13.9. The van der Waals surface area contributed by atoms with Crippen molar-refractivity contribution in [3.05, 3.63) is 47.6 Å². The molecule has 30 heavy (non-hydrogen) atoms. The standard InChI is InChI=1S/C25H30F3NO/c1-15-6-11-21-23(2,3)12-5-13-24(21,4)19(15)10-9-18-17-8-7-16(25(26,27)28)14-20(17)29-22(18)30/h7-9,14,19,21H,1,5-6,10-13H2,2-4H3,(H,29,30)/b18-9-/t19-,21-,24+/m0/s1. The average Bonchev–Trinajstić information content (AvgIpc) is 2.94. The van der Waals surface area contributed by atoms with Crippen molar-refractivity contribution in [2.24, 2.45) is 22.7 Å². The van der Waals surface area contributed by atoms with Crippen molar-refractivity contribution in [3.63, 3.8) is 0 Å². The summed E-state index contributed by atoms with van der Waals surface area (Å²) in [6, 6.07) is 3.48. The summed E-state index contributed by atoms with van der Waals surface area (Å²) in [6.07, 6.45) is 3.97. The Morgan fingerprint density at radius 3 is 2.67 bits per heavy atom. The summed E-state index contributed by atoms with van der Waals surface area (Å²) in [5.74, 6) is 0.581. The molecule has 1 aromatic carbocycles. The molecule has 0 radical (unpaired) electrons. The lowest BCUT2D eigenvalue weighted by Gasteiger charge is -2.58. The molecule has 0 spiro atoms. The summed E-state index contributed by atoms with van der Waals surface area (Å²) in [7, 11) is 0. The normalized spacial score (nSPS) is 32.0. The second kappa shape index (κ2) is 7.00. The van der Waals surface area contributed by atoms with Gasteiger partial charge in [-0.05, 0) is 66.9 Å². The molecule has 0 bridgehead atoms. The summed E-state index contributed by atoms with van der Waals surface area (Å²) in [5, 5.41) is 2.61. The Bertz CT molecular complexity index is 927. The van der Waals surface area contributed by atoms with Gasteiger partial charge in [0, 0.05) is 16.8 Å². The van der Waals surface area contributed by atoms with Gasteiger partial charge in [-0.2, -0.15) is 13.2 Å². The number of rotatable bonds is 2. The van der Waals surface area contributed by atoms with Crippen LogP contribution in [0.1, 0.15) is 70.4 Å². The highest BCUT2D eigenvalue weighted by molar-refractivity contribution is 6.31. The van der Waals surface area contributed by atoms with Crippen molar-refractivity contribution < 1.29 is 18.0 Å². The molecule has 5 heteroatoms. The summed E-state index contributed by atoms with van der Waals surface area (Å²) in [5.41, 5.74) is 2.22. The molecule has 162 valence electrons. The molecule has 1 N–H and O–H groups in total. The third-order valence-corrected chi connectivity index (χ3v) is 8.01. The largest absolute Gasteiger partial charge is 0.416 e. The van der Waals surface area contributed by atoms with Gasteiger partial charge >= 0.3 is 6.18 Å². The molecular formula is C25H30F3NO. The molecule has 0 saturated heterocycles. The molecule has 2 nitrogen and oxygen atoms in total. The van der Waals surface area contributed by atoms with Gasteiger partial charge in [0.1, 0.15) is 0 Å². The molecule has 2 saturated carbocycles. The van der Waals surface area contributed by atoms with Crippen LogP contribution in [-0.4, -0.2) is 5.91 Å². The van der Waals surface area contributed by atoms with Crippen LogP contribution < -0.4 is 5.32 Å². The highest BCUT2D eigenvalue weighted by Crippen LogP contribution is 2.61. The van der Waals surface area contributed by atoms with E-state index in [1.165, 1.54) is 30.9 Å². The summed E-state index contributed by atoms with van der Waals surface area (Å²) in [6.45, 7) is 11.5. The zero-order valence-corrected chi connectivity index (χ0v) is 18.0. The van der Waals surface area contributed by atoms with Crippen LogP contribution in [0, 0.1) is 22.7 Å². The van der Waals surface area contributed by atoms with E-state index in [0.29, 0.717) is 28.9 Å². The van der Waals surface area contributed by atoms with Crippen LogP contribution in [-0.2, 0) is 11.0 Å². The minimum absolute atomic E-state index is 0.145. The van der Waals surface area contributed by atoms with E-state index < -0.39 is 11.7 Å². The van der Waals surface area contributed by atoms with E-state index in [-0.39, 0.29) is 22.9 Å². The number of halogens is 3. The first kappa shape index (κ1) is 21.2. The Morgan fingerprint density at radius 2 is 1.97 bits per heavy atom. The molecule has 3 atom stereocenters. The molecule has 1 heterocycles. The number of allylic oxidation sites excluding steroid dienone is 2. The van der Waals surface area contributed by atoms with Crippen LogP contribution in [0.25, 0.3) is 5.57 Å². The number of amides is 1. The van der Waals surface area contributed by atoms with Gasteiger partial charge in [0.15, 0.2) is 0 Å². The van der Waals surface area contributed by atoms with Crippen LogP contribution in [0.4, 0.5) is 18.9 Å². The third kappa shape index (κ3) is 3.40. The highest BCUT2D eigenvalue weighted by atomic mass is 19.4. The quantitative estimate of drug-likeness (QED) is 0.399. The monoisotopic (exact) mass is 417 g/mol. The smallest absolute Gasteiger partial charge is 0.321 e. The maximum atomic E-state index is 13.0. The van der Waals surface area contributed by atoms with Gasteiger partial charge in [-0.25, -0.2) is 0 Å². The Morgan fingerprint density at radius 1 is 1.23 bits per heavy atom. The predicted molar refractivity (Wildman–Crippen MR) is 114 cm³/mol. The lowest BCUT2D eigenvalue weighted by Crippen LogP contribution is -2.49. The maximum Gasteiger partial charge on any atom is 0.416 e. The van der Waals surface area contributed by atoms with Crippen LogP contribution in [0.3, 0.4) is 0 Å². The lowest BCUT2D eigenvalue weighted by molar-refractivity contribution is -0.137. The number of hydrogen-bond donors (Lipinski definition) is 1. The Kier molecular flexibility index (Phi) is 4.94. The molecule has 1 amide bonds. The lowest BCUT2D eigenvalue weighted by atomic mass is 9.47. The topological polar surface area (TPSA) is 29.1 Å². The molecule has 1 aliphatic heterocycles. The molecule has 0 unspecified atom stereocenters. The van der Waals surface area contributed by atoms with Crippen molar-refractivity contribution in [1.29, 1.82) is 0 Å². The number of anilines is 1. The van der Waals surface area contributed by atoms with Gasteiger partial charge in [-0.1, -0.05) is 51.5 Å². The fraction of sp³-hybridized carbons (Fsp3) is 0.560. The molecule has 3 aliphatic rings. The van der Waals surface area contributed by atoms with Crippen molar-refractivity contribution >= 4 is 17.2 Å². The van der Waals surface area contributed by atoms with E-state index in [1.807, 2.05) is 6.08 Å². The Balaban J connectivity index is 1.64. The highest BCUT2D eigenvalue weighted by Gasteiger charge is 2.52. The van der Waals surface area contributed by atoms with E-state index in [1.54, 1.807) is 0 Å². The van der Waals surface area contributed by atoms with E-state index in [9.17, 15) is 18.0 Å². The zero-order chi connectivity index (χ0) is 21.9. The van der Waals surface area contributed by atoms with Gasteiger partial charge in [0.2, 0.25) is 0 Å². The summed E-state index contributed by atoms with van der Waals surface area (Å²) >= 11 is 0. The second-order valence-corrected chi connectivity index (χ2v) is 10.2. The minimum atomic E-state index is -4.43. The van der Waals surface area contributed by atoms with Crippen molar-refractivity contribution in [1.82, 2.24) is 0 Å². The summed E-state index contributed by atoms with van der Waals surface area (Å²) in [4.78, 5) is 12.5. The Hall–Kier alpha value is -2.04. The van der Waals surface area contributed by atoms with Gasteiger partial charge in [0.25, 0.3) is 5.91 Å². The second-order valence-electron chi connectivity index (χ2n) is 10.2. The van der Waals surface area contributed by atoms with Gasteiger partial charge in [0.05, 0.1) is 5.56 Å². The van der Waals surface area contributed by atoms with E-state index in [2.05, 4.69) is 32.7 Å². The zero-order valence-electron chi connectivity index (χ0n) is 18.0. The number of fused-ring (bicyclic) bond motifs is 2. The molecule has 2 fully saturated rings. The molecular weight excluding hydrogens is 387 g/mol. The molecule has 0 aromatic heterocycles. The number of benzene rings is 1. The van der Waals surface area contributed by atoms with Gasteiger partial charge in [-0.15, -0.1) is 0 Å². The number of carbonyl (C=O) groups is 1. The van der Waals surface area contributed by atoms with E-state index in [4.69, 9.17) is 0 Å². The number of nitrogens with one attached hydrogen (secondary N) is 1. The van der Waals surface area contributed by atoms with E-state index in [0.717, 1.165) is 25.0 Å². The Labute approximate surface area is 176 Å². The van der Waals surface area contributed by atoms with Gasteiger partial charge < -0.3 is 5.32 Å². The first-order valence-corrected chi connectivity index (χ1v) is 10.8. The fourth-order valence-electron chi connectivity index (χ4n) is 6.52. The van der Waals surface area contributed by atoms with Crippen molar-refractivity contribution in [2.45, 2.75) is 65.5 Å². The minimum Gasteiger partial charge on any atom is -0.321 e.